The molecule has 2 aromatic carbocycles. The lowest BCUT2D eigenvalue weighted by atomic mass is 9.66. The van der Waals surface area contributed by atoms with E-state index in [1.54, 1.807) is 0 Å². The predicted octanol–water partition coefficient (Wildman–Crippen LogP) is 6.21. The number of piperidine rings is 1. The van der Waals surface area contributed by atoms with Crippen LogP contribution in [0.5, 0.6) is 5.75 Å². The summed E-state index contributed by atoms with van der Waals surface area (Å²) < 4.78 is 42.0. The Morgan fingerprint density at radius 3 is 2.15 bits per heavy atom. The van der Waals surface area contributed by atoms with Gasteiger partial charge in [-0.15, -0.1) is 13.2 Å². The summed E-state index contributed by atoms with van der Waals surface area (Å²) in [5, 5.41) is 3.67. The van der Waals surface area contributed by atoms with Crippen LogP contribution in [0, 0.1) is 5.41 Å². The molecule has 0 bridgehead atoms. The Kier molecular flexibility index (Phi) is 6.17. The van der Waals surface area contributed by atoms with E-state index in [1.807, 2.05) is 12.1 Å². The molecule has 0 aromatic heterocycles. The van der Waals surface area contributed by atoms with Crippen molar-refractivity contribution in [2.24, 2.45) is 5.41 Å². The van der Waals surface area contributed by atoms with Crippen LogP contribution in [0.2, 0.25) is 0 Å². The highest BCUT2D eigenvalue weighted by Crippen LogP contribution is 2.51. The van der Waals surface area contributed by atoms with Crippen molar-refractivity contribution >= 4 is 0 Å². The number of rotatable bonds is 4. The normalized spacial score (nSPS) is 25.2. The summed E-state index contributed by atoms with van der Waals surface area (Å²) in [6.45, 7) is 4.17. The molecule has 3 fully saturated rings. The van der Waals surface area contributed by atoms with Crippen LogP contribution in [0.1, 0.15) is 62.0 Å². The molecule has 1 N–H and O–H groups in total. The Balaban J connectivity index is 1.36. The summed E-state index contributed by atoms with van der Waals surface area (Å²) in [6, 6.07) is 17.6. The lowest BCUT2D eigenvalue weighted by Crippen LogP contribution is -2.53. The molecule has 1 unspecified atom stereocenters. The molecule has 2 aliphatic heterocycles. The number of likely N-dealkylation sites (tertiary alicyclic amines) is 1. The number of hydrogen-bond donors (Lipinski definition) is 1. The average molecular weight is 459 g/mol. The zero-order valence-electron chi connectivity index (χ0n) is 19.0. The number of benzene rings is 2. The van der Waals surface area contributed by atoms with Crippen molar-refractivity contribution in [1.29, 1.82) is 0 Å². The fraction of sp³-hybridized carbons (Fsp3) is 0.556. The monoisotopic (exact) mass is 458 g/mol. The molecule has 1 atom stereocenters. The van der Waals surface area contributed by atoms with Crippen LogP contribution in [0.3, 0.4) is 0 Å². The van der Waals surface area contributed by atoms with E-state index in [4.69, 9.17) is 0 Å². The Bertz CT molecular complexity index is 915. The van der Waals surface area contributed by atoms with Gasteiger partial charge in [-0.3, -0.25) is 4.90 Å². The van der Waals surface area contributed by atoms with Crippen molar-refractivity contribution in [2.45, 2.75) is 62.8 Å². The van der Waals surface area contributed by atoms with Crippen LogP contribution in [0.25, 0.3) is 0 Å². The van der Waals surface area contributed by atoms with Crippen molar-refractivity contribution in [1.82, 2.24) is 10.2 Å². The summed E-state index contributed by atoms with van der Waals surface area (Å²) in [5.41, 5.74) is 2.78. The molecule has 3 aliphatic rings. The summed E-state index contributed by atoms with van der Waals surface area (Å²) in [6.07, 6.45) is 3.34. The Hall–Kier alpha value is -2.05. The molecule has 3 nitrogen and oxygen atoms in total. The molecule has 2 aromatic rings. The summed E-state index contributed by atoms with van der Waals surface area (Å²) in [5.74, 6) is 0.402. The van der Waals surface area contributed by atoms with E-state index in [-0.39, 0.29) is 16.7 Å². The van der Waals surface area contributed by atoms with Gasteiger partial charge in [0.05, 0.1) is 0 Å². The molecule has 33 heavy (non-hydrogen) atoms. The second kappa shape index (κ2) is 8.95. The van der Waals surface area contributed by atoms with Crippen molar-refractivity contribution in [3.63, 3.8) is 0 Å². The molecule has 1 spiro atoms. The van der Waals surface area contributed by atoms with Crippen molar-refractivity contribution < 1.29 is 17.9 Å². The molecular formula is C27H33F3N2O. The first kappa shape index (κ1) is 22.7. The van der Waals surface area contributed by atoms with Crippen molar-refractivity contribution in [2.75, 3.05) is 26.2 Å². The molecular weight excluding hydrogens is 425 g/mol. The summed E-state index contributed by atoms with van der Waals surface area (Å²) >= 11 is 0. The number of ether oxygens (including phenoxy) is 1. The maximum atomic E-state index is 12.6. The van der Waals surface area contributed by atoms with Gasteiger partial charge in [-0.1, -0.05) is 61.7 Å². The standard InChI is InChI=1S/C27H33F3N2O/c28-27(29,30)33-23-11-9-22(10-12-23)26(13-5-2-6-14-26)32-17-15-25(16-18-32)20-31-19-24(25)21-7-3-1-4-8-21/h1,3-4,7-12,24,31H,2,5-6,13-20H2. The van der Waals surface area contributed by atoms with Crippen LogP contribution >= 0.6 is 0 Å². The van der Waals surface area contributed by atoms with Gasteiger partial charge in [-0.2, -0.15) is 0 Å². The van der Waals surface area contributed by atoms with E-state index in [0.717, 1.165) is 70.3 Å². The highest BCUT2D eigenvalue weighted by atomic mass is 19.4. The number of alkyl halides is 3. The predicted molar refractivity (Wildman–Crippen MR) is 123 cm³/mol. The molecule has 5 rings (SSSR count). The van der Waals surface area contributed by atoms with E-state index < -0.39 is 6.36 Å². The minimum absolute atomic E-state index is 0.0785. The third-order valence-electron chi connectivity index (χ3n) is 8.44. The topological polar surface area (TPSA) is 24.5 Å². The SMILES string of the molecule is FC(F)(F)Oc1ccc(C2(N3CCC4(CC3)CNCC4c3ccccc3)CCCCC2)cc1. The molecule has 2 saturated heterocycles. The number of nitrogens with one attached hydrogen (secondary N) is 1. The lowest BCUT2D eigenvalue weighted by molar-refractivity contribution is -0.274. The largest absolute Gasteiger partial charge is 0.573 e. The summed E-state index contributed by atoms with van der Waals surface area (Å²) in [4.78, 5) is 2.65. The number of hydrogen-bond acceptors (Lipinski definition) is 3. The first-order chi connectivity index (χ1) is 15.9. The Labute approximate surface area is 194 Å². The van der Waals surface area contributed by atoms with Crippen LogP contribution in [-0.4, -0.2) is 37.4 Å². The van der Waals surface area contributed by atoms with Gasteiger partial charge in [0.2, 0.25) is 0 Å². The van der Waals surface area contributed by atoms with Crippen molar-refractivity contribution in [3.8, 4) is 5.75 Å². The second-order valence-electron chi connectivity index (χ2n) is 10.1. The third kappa shape index (κ3) is 4.52. The minimum atomic E-state index is -4.66. The Morgan fingerprint density at radius 2 is 1.52 bits per heavy atom. The molecule has 0 amide bonds. The molecule has 1 aliphatic carbocycles. The van der Waals surface area contributed by atoms with Gasteiger partial charge in [0.1, 0.15) is 5.75 Å². The van der Waals surface area contributed by atoms with Crippen LogP contribution in [0.15, 0.2) is 54.6 Å². The van der Waals surface area contributed by atoms with Gasteiger partial charge in [0.15, 0.2) is 0 Å². The van der Waals surface area contributed by atoms with E-state index in [1.165, 1.54) is 24.1 Å². The Morgan fingerprint density at radius 1 is 0.848 bits per heavy atom. The molecule has 178 valence electrons. The zero-order valence-corrected chi connectivity index (χ0v) is 19.0. The maximum absolute atomic E-state index is 12.6. The smallest absolute Gasteiger partial charge is 0.406 e. The van der Waals surface area contributed by atoms with Gasteiger partial charge in [-0.05, 0) is 67.4 Å². The van der Waals surface area contributed by atoms with E-state index >= 15 is 0 Å². The maximum Gasteiger partial charge on any atom is 0.573 e. The van der Waals surface area contributed by atoms with Crippen LogP contribution in [0.4, 0.5) is 13.2 Å². The second-order valence-corrected chi connectivity index (χ2v) is 10.1. The van der Waals surface area contributed by atoms with Gasteiger partial charge >= 0.3 is 6.36 Å². The quantitative estimate of drug-likeness (QED) is 0.589. The average Bonchev–Trinajstić information content (AvgIpc) is 3.23. The van der Waals surface area contributed by atoms with E-state index in [2.05, 4.69) is 45.3 Å². The highest BCUT2D eigenvalue weighted by molar-refractivity contribution is 5.33. The third-order valence-corrected chi connectivity index (χ3v) is 8.44. The van der Waals surface area contributed by atoms with Crippen LogP contribution in [-0.2, 0) is 5.54 Å². The lowest BCUT2D eigenvalue weighted by Gasteiger charge is -2.52. The van der Waals surface area contributed by atoms with Gasteiger partial charge in [0.25, 0.3) is 0 Å². The van der Waals surface area contributed by atoms with E-state index in [0.29, 0.717) is 5.92 Å². The molecule has 1 saturated carbocycles. The minimum Gasteiger partial charge on any atom is -0.406 e. The van der Waals surface area contributed by atoms with Crippen LogP contribution < -0.4 is 10.1 Å². The molecule has 0 radical (unpaired) electrons. The zero-order chi connectivity index (χ0) is 22.9. The fourth-order valence-electron chi connectivity index (χ4n) is 6.76. The highest BCUT2D eigenvalue weighted by Gasteiger charge is 2.49. The van der Waals surface area contributed by atoms with Gasteiger partial charge in [-0.25, -0.2) is 0 Å². The van der Waals surface area contributed by atoms with E-state index in [9.17, 15) is 13.2 Å². The van der Waals surface area contributed by atoms with Crippen molar-refractivity contribution in [3.05, 3.63) is 65.7 Å². The number of nitrogens with zero attached hydrogens (tertiary/aromatic N) is 1. The first-order valence-corrected chi connectivity index (χ1v) is 12.3. The molecule has 6 heteroatoms. The van der Waals surface area contributed by atoms with Gasteiger partial charge in [0, 0.05) is 24.5 Å². The number of halogens is 3. The van der Waals surface area contributed by atoms with Gasteiger partial charge < -0.3 is 10.1 Å². The first-order valence-electron chi connectivity index (χ1n) is 12.3. The summed E-state index contributed by atoms with van der Waals surface area (Å²) in [7, 11) is 0. The molecule has 2 heterocycles. The fourth-order valence-corrected chi connectivity index (χ4v) is 6.76.